The van der Waals surface area contributed by atoms with Crippen molar-refractivity contribution in [2.24, 2.45) is 0 Å². The average molecular weight is 391 g/mol. The molecule has 0 bridgehead atoms. The summed E-state index contributed by atoms with van der Waals surface area (Å²) < 4.78 is 0. The van der Waals surface area contributed by atoms with Crippen LogP contribution in [0.25, 0.3) is 0 Å². The molecular weight excluding hydrogens is 349 g/mol. The molecule has 1 radical (unpaired) electrons. The van der Waals surface area contributed by atoms with Gasteiger partial charge in [-0.25, -0.2) is 0 Å². The zero-order valence-electron chi connectivity index (χ0n) is 16.3. The van der Waals surface area contributed by atoms with Crippen LogP contribution in [-0.4, -0.2) is 77.5 Å². The maximum atomic E-state index is 8.93. The van der Waals surface area contributed by atoms with Crippen LogP contribution < -0.4 is 0 Å². The summed E-state index contributed by atoms with van der Waals surface area (Å²) in [6.07, 6.45) is 16.4. The Bertz CT molecular complexity index is 198. The molecule has 24 heavy (non-hydrogen) atoms. The van der Waals surface area contributed by atoms with Crippen LogP contribution in [0, 0.1) is 0 Å². The number of thiol groups is 2. The van der Waals surface area contributed by atoms with Crippen molar-refractivity contribution in [1.29, 1.82) is 0 Å². The smallest absolute Gasteiger partial charge is 0.0558 e. The molecule has 0 unspecified atom stereocenters. The van der Waals surface area contributed by atoms with Gasteiger partial charge in [0.1, 0.15) is 0 Å². The zero-order chi connectivity index (χ0) is 17.6. The van der Waals surface area contributed by atoms with Gasteiger partial charge < -0.3 is 10.2 Å². The molecule has 6 heteroatoms. The quantitative estimate of drug-likeness (QED) is 0.129. The first kappa shape index (κ1) is 30.3. The average Bonchev–Trinajstić information content (AvgIpc) is 2.58. The van der Waals surface area contributed by atoms with E-state index in [1.807, 2.05) is 0 Å². The van der Waals surface area contributed by atoms with Gasteiger partial charge in [-0.15, -0.1) is 23.3 Å². The van der Waals surface area contributed by atoms with Crippen LogP contribution in [0.3, 0.4) is 0 Å². The van der Waals surface area contributed by atoms with Gasteiger partial charge in [0.2, 0.25) is 0 Å². The van der Waals surface area contributed by atoms with E-state index >= 15 is 0 Å². The second-order valence-corrected chi connectivity index (χ2v) is 6.18. The summed E-state index contributed by atoms with van der Waals surface area (Å²) in [6, 6.07) is 0. The van der Waals surface area contributed by atoms with E-state index in [1.54, 1.807) is 0 Å². The van der Waals surface area contributed by atoms with Gasteiger partial charge in [0.05, 0.1) is 13.2 Å². The van der Waals surface area contributed by atoms with E-state index in [9.17, 15) is 0 Å². The molecule has 0 aliphatic heterocycles. The van der Waals surface area contributed by atoms with Crippen LogP contribution in [0.1, 0.15) is 84.0 Å². The Morgan fingerprint density at radius 3 is 1.25 bits per heavy atom. The molecule has 0 aromatic heterocycles. The summed E-state index contributed by atoms with van der Waals surface area (Å²) in [6.45, 7) is 5.05. The normalized spacial score (nSPS) is 10.2. The van der Waals surface area contributed by atoms with Crippen LogP contribution >= 0.6 is 23.3 Å². The molecule has 3 nitrogen and oxygen atoms in total. The molecule has 0 saturated heterocycles. The van der Waals surface area contributed by atoms with Gasteiger partial charge in [0, 0.05) is 42.6 Å². The van der Waals surface area contributed by atoms with Crippen LogP contribution in [0.5, 0.6) is 0 Å². The number of aliphatic hydroxyl groups is 2. The number of aliphatic hydroxyl groups excluding tert-OH is 2. The third-order valence-corrected chi connectivity index (χ3v) is 4.16. The number of hydrogen-bond acceptors (Lipinski definition) is 5. The molecule has 143 valence electrons. The monoisotopic (exact) mass is 390 g/mol. The Morgan fingerprint density at radius 2 is 0.917 bits per heavy atom. The Morgan fingerprint density at radius 1 is 0.583 bits per heavy atom. The second-order valence-electron chi connectivity index (χ2n) is 6.18. The van der Waals surface area contributed by atoms with Crippen LogP contribution in [0.2, 0.25) is 0 Å². The fraction of sp³-hybridized carbons (Fsp3) is 1.00. The minimum atomic E-state index is 0. The third-order valence-electron chi connectivity index (χ3n) is 4.16. The molecule has 0 atom stereocenters. The van der Waals surface area contributed by atoms with Crippen LogP contribution in [-0.2, 0) is 0 Å². The van der Waals surface area contributed by atoms with Crippen molar-refractivity contribution in [1.82, 2.24) is 4.90 Å². The fourth-order valence-electron chi connectivity index (χ4n) is 2.79. The number of nitrogens with zero attached hydrogens (tertiary/aromatic N) is 1. The second kappa shape index (κ2) is 29.3. The van der Waals surface area contributed by atoms with Crippen molar-refractivity contribution in [3.05, 3.63) is 0 Å². The van der Waals surface area contributed by atoms with Gasteiger partial charge in [-0.2, -0.15) is 0 Å². The first-order valence-corrected chi connectivity index (χ1v) is 11.1. The van der Waals surface area contributed by atoms with Crippen LogP contribution in [0.4, 0.5) is 0 Å². The van der Waals surface area contributed by atoms with Gasteiger partial charge in [0.15, 0.2) is 0 Å². The number of unbranched alkanes of at least 4 members (excludes halogenated alkanes) is 11. The SMILES string of the molecule is CCCCCCCCCCCCCCN(CCO)CCO.SS.[Na]. The van der Waals surface area contributed by atoms with Gasteiger partial charge in [-0.05, 0) is 13.0 Å². The molecule has 0 aliphatic carbocycles. The fourth-order valence-corrected chi connectivity index (χ4v) is 2.79. The van der Waals surface area contributed by atoms with Crippen molar-refractivity contribution in [2.75, 3.05) is 32.8 Å². The minimum Gasteiger partial charge on any atom is -0.395 e. The number of rotatable bonds is 17. The first-order valence-electron chi connectivity index (χ1n) is 9.49. The van der Waals surface area contributed by atoms with E-state index in [0.717, 1.165) is 6.54 Å². The predicted molar refractivity (Wildman–Crippen MR) is 115 cm³/mol. The molecule has 0 saturated carbocycles. The van der Waals surface area contributed by atoms with Crippen molar-refractivity contribution in [3.63, 3.8) is 0 Å². The predicted octanol–water partition coefficient (Wildman–Crippen LogP) is 4.35. The summed E-state index contributed by atoms with van der Waals surface area (Å²) in [5, 5.41) is 17.9. The van der Waals surface area contributed by atoms with E-state index in [4.69, 9.17) is 10.2 Å². The molecule has 0 aromatic carbocycles. The number of hydrogen-bond donors (Lipinski definition) is 4. The molecule has 0 spiro atoms. The van der Waals surface area contributed by atoms with Gasteiger partial charge >= 0.3 is 0 Å². The summed E-state index contributed by atoms with van der Waals surface area (Å²) in [5.74, 6) is 0. The zero-order valence-corrected chi connectivity index (χ0v) is 20.0. The Labute approximate surface area is 183 Å². The van der Waals surface area contributed by atoms with Gasteiger partial charge in [0.25, 0.3) is 0 Å². The molecule has 0 amide bonds. The van der Waals surface area contributed by atoms with E-state index in [1.165, 1.54) is 77.0 Å². The summed E-state index contributed by atoms with van der Waals surface area (Å²) in [4.78, 5) is 2.15. The van der Waals surface area contributed by atoms with E-state index in [-0.39, 0.29) is 42.8 Å². The summed E-state index contributed by atoms with van der Waals surface area (Å²) in [5.41, 5.74) is 0. The Kier molecular flexibility index (Phi) is 37.1. The Hall–Kier alpha value is 1.58. The van der Waals surface area contributed by atoms with Crippen molar-refractivity contribution < 1.29 is 10.2 Å². The van der Waals surface area contributed by atoms with Crippen molar-refractivity contribution in [2.45, 2.75) is 84.0 Å². The molecule has 0 aliphatic rings. The van der Waals surface area contributed by atoms with E-state index in [0.29, 0.717) is 13.1 Å². The topological polar surface area (TPSA) is 43.7 Å². The standard InChI is InChI=1S/C18H39NO2.Na.H2S2/c1-2-3-4-5-6-7-8-9-10-11-12-13-14-19(15-17-20)16-18-21;;1-2/h20-21H,2-18H2,1H3;;1-2H. The van der Waals surface area contributed by atoms with Gasteiger partial charge in [-0.3, -0.25) is 4.90 Å². The molecule has 0 heterocycles. The largest absolute Gasteiger partial charge is 0.395 e. The minimum absolute atomic E-state index is 0. The van der Waals surface area contributed by atoms with Crippen molar-refractivity contribution in [3.8, 4) is 0 Å². The first-order chi connectivity index (χ1) is 11.3. The van der Waals surface area contributed by atoms with E-state index < -0.39 is 0 Å². The van der Waals surface area contributed by atoms with Crippen LogP contribution in [0.15, 0.2) is 0 Å². The maximum absolute atomic E-state index is 8.93. The Balaban J connectivity index is -0.00000141. The molecule has 0 fully saturated rings. The van der Waals surface area contributed by atoms with Crippen molar-refractivity contribution >= 4 is 52.9 Å². The van der Waals surface area contributed by atoms with E-state index in [2.05, 4.69) is 35.1 Å². The van der Waals surface area contributed by atoms with Gasteiger partial charge in [-0.1, -0.05) is 77.6 Å². The summed E-state index contributed by atoms with van der Waals surface area (Å²) in [7, 11) is 0. The molecule has 0 aromatic rings. The molecular formula is C18H41NNaO2S2. The summed E-state index contributed by atoms with van der Waals surface area (Å²) >= 11 is 6.44. The maximum Gasteiger partial charge on any atom is 0.0558 e. The third kappa shape index (κ3) is 25.8. The molecule has 0 rings (SSSR count). The molecule has 2 N–H and O–H groups in total.